The van der Waals surface area contributed by atoms with E-state index in [1.54, 1.807) is 12.1 Å². The largest absolute Gasteiger partial charge is 0.468 e. The number of sulfone groups is 1. The highest BCUT2D eigenvalue weighted by Crippen LogP contribution is 2.25. The van der Waals surface area contributed by atoms with Crippen LogP contribution in [0.4, 0.5) is 5.69 Å². The van der Waals surface area contributed by atoms with Gasteiger partial charge in [-0.3, -0.25) is 9.69 Å². The minimum absolute atomic E-state index is 0.250. The number of carbonyl (C=O) groups is 1. The van der Waals surface area contributed by atoms with Gasteiger partial charge in [0, 0.05) is 32.4 Å². The molecule has 0 unspecified atom stereocenters. The normalized spacial score (nSPS) is 16.8. The molecule has 0 radical (unpaired) electrons. The second-order valence-electron chi connectivity index (χ2n) is 5.08. The van der Waals surface area contributed by atoms with Crippen LogP contribution in [0.15, 0.2) is 29.2 Å². The predicted molar refractivity (Wildman–Crippen MR) is 80.2 cm³/mol. The van der Waals surface area contributed by atoms with Gasteiger partial charge >= 0.3 is 5.97 Å². The first-order valence-electron chi connectivity index (χ1n) is 6.75. The third-order valence-electron chi connectivity index (χ3n) is 3.56. The maximum atomic E-state index is 11.8. The van der Waals surface area contributed by atoms with Gasteiger partial charge < -0.3 is 9.64 Å². The van der Waals surface area contributed by atoms with Gasteiger partial charge in [-0.15, -0.1) is 0 Å². The Kier molecular flexibility index (Phi) is 4.84. The highest BCUT2D eigenvalue weighted by atomic mass is 32.2. The minimum atomic E-state index is -3.25. The van der Waals surface area contributed by atoms with Crippen LogP contribution in [0.1, 0.15) is 0 Å². The van der Waals surface area contributed by atoms with Gasteiger partial charge in [-0.2, -0.15) is 0 Å². The summed E-state index contributed by atoms with van der Waals surface area (Å²) in [6.07, 6.45) is 1.22. The third kappa shape index (κ3) is 3.95. The summed E-state index contributed by atoms with van der Waals surface area (Å²) in [5, 5.41) is 0. The van der Waals surface area contributed by atoms with Crippen molar-refractivity contribution in [1.29, 1.82) is 0 Å². The zero-order valence-corrected chi connectivity index (χ0v) is 13.1. The molecule has 1 saturated heterocycles. The summed E-state index contributed by atoms with van der Waals surface area (Å²) in [6.45, 7) is 3.05. The Bertz CT molecular complexity index is 607. The molecule has 0 amide bonds. The Labute approximate surface area is 125 Å². The summed E-state index contributed by atoms with van der Waals surface area (Å²) < 4.78 is 28.3. The van der Waals surface area contributed by atoms with Crippen LogP contribution in [0.2, 0.25) is 0 Å². The van der Waals surface area contributed by atoms with Gasteiger partial charge in [0.05, 0.1) is 24.2 Å². The lowest BCUT2D eigenvalue weighted by molar-refractivity contribution is -0.142. The molecule has 6 nitrogen and oxygen atoms in total. The summed E-state index contributed by atoms with van der Waals surface area (Å²) >= 11 is 0. The molecule has 0 spiro atoms. The van der Waals surface area contributed by atoms with Crippen LogP contribution in [0.3, 0.4) is 0 Å². The molecule has 0 aromatic heterocycles. The monoisotopic (exact) mass is 312 g/mol. The number of rotatable bonds is 4. The van der Waals surface area contributed by atoms with Crippen LogP contribution in [-0.2, 0) is 19.4 Å². The van der Waals surface area contributed by atoms with Crippen LogP contribution < -0.4 is 4.90 Å². The Balaban J connectivity index is 2.08. The number of hydrogen-bond donors (Lipinski definition) is 0. The second-order valence-corrected chi connectivity index (χ2v) is 7.06. The van der Waals surface area contributed by atoms with Crippen molar-refractivity contribution in [3.05, 3.63) is 24.3 Å². The summed E-state index contributed by atoms with van der Waals surface area (Å²) in [5.41, 5.74) is 0.734. The van der Waals surface area contributed by atoms with Crippen molar-refractivity contribution in [3.8, 4) is 0 Å². The number of anilines is 1. The molecule has 1 aliphatic heterocycles. The van der Waals surface area contributed by atoms with Crippen molar-refractivity contribution in [2.24, 2.45) is 0 Å². The molecule has 0 aliphatic carbocycles. The van der Waals surface area contributed by atoms with E-state index >= 15 is 0 Å². The van der Waals surface area contributed by atoms with Crippen molar-refractivity contribution >= 4 is 21.5 Å². The van der Waals surface area contributed by atoms with E-state index in [2.05, 4.69) is 4.74 Å². The molecule has 21 heavy (non-hydrogen) atoms. The fraction of sp³-hybridized carbons (Fsp3) is 0.500. The van der Waals surface area contributed by atoms with Gasteiger partial charge in [-0.05, 0) is 12.1 Å². The van der Waals surface area contributed by atoms with E-state index in [1.807, 2.05) is 21.9 Å². The SMILES string of the molecule is COC(=O)CN1CCN(c2ccccc2S(C)(=O)=O)CC1. The smallest absolute Gasteiger partial charge is 0.319 e. The number of para-hydroxylation sites is 1. The lowest BCUT2D eigenvalue weighted by Crippen LogP contribution is -2.48. The quantitative estimate of drug-likeness (QED) is 0.749. The van der Waals surface area contributed by atoms with Crippen molar-refractivity contribution in [1.82, 2.24) is 4.90 Å². The molecule has 116 valence electrons. The summed E-state index contributed by atoms with van der Waals surface area (Å²) in [4.78, 5) is 15.7. The predicted octanol–water partition coefficient (Wildman–Crippen LogP) is 0.385. The molecule has 1 heterocycles. The van der Waals surface area contributed by atoms with E-state index in [1.165, 1.54) is 13.4 Å². The van der Waals surface area contributed by atoms with Crippen LogP contribution in [0, 0.1) is 0 Å². The molecular formula is C14H20N2O4S. The van der Waals surface area contributed by atoms with E-state index in [9.17, 15) is 13.2 Å². The number of methoxy groups -OCH3 is 1. The molecule has 0 saturated carbocycles. The lowest BCUT2D eigenvalue weighted by atomic mass is 10.2. The third-order valence-corrected chi connectivity index (χ3v) is 4.70. The van der Waals surface area contributed by atoms with Crippen molar-refractivity contribution < 1.29 is 17.9 Å². The van der Waals surface area contributed by atoms with Gasteiger partial charge in [-0.25, -0.2) is 8.42 Å². The van der Waals surface area contributed by atoms with Gasteiger partial charge in [-0.1, -0.05) is 12.1 Å². The van der Waals surface area contributed by atoms with E-state index < -0.39 is 9.84 Å². The molecule has 1 fully saturated rings. The van der Waals surface area contributed by atoms with Crippen LogP contribution >= 0.6 is 0 Å². The Hall–Kier alpha value is -1.60. The number of carbonyl (C=O) groups excluding carboxylic acids is 1. The molecule has 2 rings (SSSR count). The number of nitrogens with zero attached hydrogens (tertiary/aromatic N) is 2. The number of ether oxygens (including phenoxy) is 1. The highest BCUT2D eigenvalue weighted by molar-refractivity contribution is 7.90. The molecule has 1 aromatic rings. The maximum Gasteiger partial charge on any atom is 0.319 e. The number of piperazine rings is 1. The molecule has 7 heteroatoms. The summed E-state index contributed by atoms with van der Waals surface area (Å²) in [6, 6.07) is 7.02. The Morgan fingerprint density at radius 3 is 2.38 bits per heavy atom. The first-order chi connectivity index (χ1) is 9.91. The van der Waals surface area contributed by atoms with E-state index in [-0.39, 0.29) is 12.5 Å². The molecule has 1 aromatic carbocycles. The van der Waals surface area contributed by atoms with Gasteiger partial charge in [0.1, 0.15) is 0 Å². The lowest BCUT2D eigenvalue weighted by Gasteiger charge is -2.36. The fourth-order valence-electron chi connectivity index (χ4n) is 2.43. The van der Waals surface area contributed by atoms with Crippen LogP contribution in [0.5, 0.6) is 0 Å². The standard InChI is InChI=1S/C14H20N2O4S/c1-20-14(17)11-15-7-9-16(10-8-15)12-5-3-4-6-13(12)21(2,18)19/h3-6H,7-11H2,1-2H3. The average Bonchev–Trinajstić information content (AvgIpc) is 2.47. The van der Waals surface area contributed by atoms with Gasteiger partial charge in [0.15, 0.2) is 9.84 Å². The summed E-state index contributed by atoms with van der Waals surface area (Å²) in [5.74, 6) is -0.250. The number of benzene rings is 1. The van der Waals surface area contributed by atoms with E-state index in [0.717, 1.165) is 5.69 Å². The zero-order chi connectivity index (χ0) is 15.5. The zero-order valence-electron chi connectivity index (χ0n) is 12.3. The maximum absolute atomic E-state index is 11.8. The molecule has 1 aliphatic rings. The first kappa shape index (κ1) is 15.8. The van der Waals surface area contributed by atoms with Crippen LogP contribution in [0.25, 0.3) is 0 Å². The Morgan fingerprint density at radius 1 is 1.19 bits per heavy atom. The molecule has 0 atom stereocenters. The second kappa shape index (κ2) is 6.44. The molecule has 0 bridgehead atoms. The van der Waals surface area contributed by atoms with Crippen molar-refractivity contribution in [3.63, 3.8) is 0 Å². The van der Waals surface area contributed by atoms with E-state index in [4.69, 9.17) is 0 Å². The molecular weight excluding hydrogens is 292 g/mol. The Morgan fingerprint density at radius 2 is 1.81 bits per heavy atom. The highest BCUT2D eigenvalue weighted by Gasteiger charge is 2.23. The van der Waals surface area contributed by atoms with Gasteiger partial charge in [0.2, 0.25) is 0 Å². The average molecular weight is 312 g/mol. The minimum Gasteiger partial charge on any atom is -0.468 e. The van der Waals surface area contributed by atoms with Crippen LogP contribution in [-0.4, -0.2) is 65.4 Å². The molecule has 0 N–H and O–H groups in total. The van der Waals surface area contributed by atoms with Crippen molar-refractivity contribution in [2.75, 3.05) is 51.0 Å². The summed E-state index contributed by atoms with van der Waals surface area (Å²) in [7, 11) is -1.87. The number of esters is 1. The van der Waals surface area contributed by atoms with Crippen molar-refractivity contribution in [2.45, 2.75) is 4.90 Å². The number of hydrogen-bond acceptors (Lipinski definition) is 6. The fourth-order valence-corrected chi connectivity index (χ4v) is 3.33. The van der Waals surface area contributed by atoms with E-state index in [0.29, 0.717) is 31.1 Å². The first-order valence-corrected chi connectivity index (χ1v) is 8.64. The van der Waals surface area contributed by atoms with Gasteiger partial charge in [0.25, 0.3) is 0 Å². The topological polar surface area (TPSA) is 66.9 Å².